The van der Waals surface area contributed by atoms with E-state index in [4.69, 9.17) is 0 Å². The SMILES string of the molecule is FC(C(F)(F)F)C(F)(F)CCC1CCCCC1. The lowest BCUT2D eigenvalue weighted by Gasteiger charge is -2.26. The molecule has 0 spiro atoms. The quantitative estimate of drug-likeness (QED) is 0.633. The topological polar surface area (TPSA) is 0 Å². The molecule has 0 radical (unpaired) electrons. The largest absolute Gasteiger partial charge is 0.425 e. The smallest absolute Gasteiger partial charge is 0.231 e. The van der Waals surface area contributed by atoms with Crippen LogP contribution >= 0.6 is 0 Å². The van der Waals surface area contributed by atoms with Crippen LogP contribution in [0.25, 0.3) is 0 Å². The lowest BCUT2D eigenvalue weighted by Crippen LogP contribution is -2.41. The normalized spacial score (nSPS) is 21.5. The van der Waals surface area contributed by atoms with Gasteiger partial charge in [0.05, 0.1) is 0 Å². The molecule has 6 heteroatoms. The zero-order chi connectivity index (χ0) is 13.1. The molecular formula is C11H16F6. The standard InChI is InChI=1S/C11H16F6/c12-9(11(15,16)17)10(13,14)7-6-8-4-2-1-3-5-8/h8-9H,1-7H2. The summed E-state index contributed by atoms with van der Waals surface area (Å²) < 4.78 is 74.1. The van der Waals surface area contributed by atoms with Gasteiger partial charge in [0.25, 0.3) is 12.1 Å². The van der Waals surface area contributed by atoms with Crippen LogP contribution in [-0.4, -0.2) is 18.3 Å². The first-order valence-corrected chi connectivity index (χ1v) is 5.82. The molecule has 1 atom stereocenters. The Morgan fingerprint density at radius 3 is 1.94 bits per heavy atom. The van der Waals surface area contributed by atoms with Crippen molar-refractivity contribution in [3.63, 3.8) is 0 Å². The molecule has 0 aromatic heterocycles. The van der Waals surface area contributed by atoms with Crippen molar-refractivity contribution in [2.75, 3.05) is 0 Å². The van der Waals surface area contributed by atoms with Crippen molar-refractivity contribution < 1.29 is 26.3 Å². The van der Waals surface area contributed by atoms with Gasteiger partial charge in [0.1, 0.15) is 0 Å². The van der Waals surface area contributed by atoms with Crippen molar-refractivity contribution >= 4 is 0 Å². The minimum absolute atomic E-state index is 0.0232. The Morgan fingerprint density at radius 1 is 0.941 bits per heavy atom. The van der Waals surface area contributed by atoms with Gasteiger partial charge in [-0.05, 0) is 12.3 Å². The lowest BCUT2D eigenvalue weighted by atomic mass is 9.85. The van der Waals surface area contributed by atoms with Crippen LogP contribution in [-0.2, 0) is 0 Å². The zero-order valence-electron chi connectivity index (χ0n) is 9.37. The summed E-state index contributed by atoms with van der Waals surface area (Å²) in [4.78, 5) is 0. The van der Waals surface area contributed by atoms with Crippen molar-refractivity contribution in [1.82, 2.24) is 0 Å². The van der Waals surface area contributed by atoms with E-state index in [0.717, 1.165) is 32.1 Å². The minimum atomic E-state index is -5.48. The Balaban J connectivity index is 2.42. The highest BCUT2D eigenvalue weighted by atomic mass is 19.4. The van der Waals surface area contributed by atoms with Gasteiger partial charge in [0.2, 0.25) is 0 Å². The summed E-state index contributed by atoms with van der Waals surface area (Å²) in [5.74, 6) is -4.27. The maximum Gasteiger partial charge on any atom is 0.425 e. The van der Waals surface area contributed by atoms with Crippen LogP contribution in [0.3, 0.4) is 0 Å². The predicted octanol–water partition coefficient (Wildman–Crippen LogP) is 4.88. The van der Waals surface area contributed by atoms with Crippen molar-refractivity contribution in [3.8, 4) is 0 Å². The molecule has 1 saturated carbocycles. The van der Waals surface area contributed by atoms with Gasteiger partial charge in [-0.1, -0.05) is 32.1 Å². The molecule has 0 amide bonds. The van der Waals surface area contributed by atoms with Gasteiger partial charge in [-0.25, -0.2) is 13.2 Å². The van der Waals surface area contributed by atoms with E-state index in [2.05, 4.69) is 0 Å². The molecule has 0 aromatic rings. The lowest BCUT2D eigenvalue weighted by molar-refractivity contribution is -0.246. The van der Waals surface area contributed by atoms with Crippen LogP contribution in [0.5, 0.6) is 0 Å². The number of hydrogen-bond acceptors (Lipinski definition) is 0. The summed E-state index contributed by atoms with van der Waals surface area (Å²) in [5, 5.41) is 0. The van der Waals surface area contributed by atoms with Crippen molar-refractivity contribution in [3.05, 3.63) is 0 Å². The van der Waals surface area contributed by atoms with Gasteiger partial charge in [-0.2, -0.15) is 13.2 Å². The van der Waals surface area contributed by atoms with Crippen molar-refractivity contribution in [1.29, 1.82) is 0 Å². The molecule has 0 saturated heterocycles. The summed E-state index contributed by atoms with van der Waals surface area (Å²) in [7, 11) is 0. The first-order chi connectivity index (χ1) is 7.73. The van der Waals surface area contributed by atoms with Crippen molar-refractivity contribution in [2.45, 2.75) is 63.2 Å². The molecule has 1 aliphatic carbocycles. The molecule has 1 unspecified atom stereocenters. The van der Waals surface area contributed by atoms with E-state index >= 15 is 0 Å². The highest BCUT2D eigenvalue weighted by Crippen LogP contribution is 2.39. The molecule has 0 aromatic carbocycles. The molecule has 0 bridgehead atoms. The van der Waals surface area contributed by atoms with Crippen LogP contribution in [0.1, 0.15) is 44.9 Å². The minimum Gasteiger partial charge on any atom is -0.231 e. The summed E-state index contributed by atoms with van der Waals surface area (Å²) in [6.45, 7) is 0. The van der Waals surface area contributed by atoms with E-state index < -0.39 is 24.7 Å². The molecule has 1 aliphatic rings. The average Bonchev–Trinajstić information content (AvgIpc) is 2.26. The van der Waals surface area contributed by atoms with Gasteiger partial charge in [0, 0.05) is 6.42 Å². The number of hydrogen-bond donors (Lipinski definition) is 0. The number of alkyl halides is 6. The Morgan fingerprint density at radius 2 is 1.47 bits per heavy atom. The van der Waals surface area contributed by atoms with E-state index in [1.54, 1.807) is 0 Å². The molecule has 0 nitrogen and oxygen atoms in total. The Labute approximate surface area is 96.4 Å². The summed E-state index contributed by atoms with van der Waals surface area (Å²) >= 11 is 0. The van der Waals surface area contributed by atoms with E-state index in [1.165, 1.54) is 0 Å². The van der Waals surface area contributed by atoms with Crippen LogP contribution in [0.15, 0.2) is 0 Å². The third-order valence-electron chi connectivity index (χ3n) is 3.27. The van der Waals surface area contributed by atoms with E-state index in [-0.39, 0.29) is 12.3 Å². The van der Waals surface area contributed by atoms with Crippen LogP contribution < -0.4 is 0 Å². The third-order valence-corrected chi connectivity index (χ3v) is 3.27. The highest BCUT2D eigenvalue weighted by molar-refractivity contribution is 4.84. The van der Waals surface area contributed by atoms with Gasteiger partial charge >= 0.3 is 6.18 Å². The molecular weight excluding hydrogens is 246 g/mol. The van der Waals surface area contributed by atoms with E-state index in [1.807, 2.05) is 0 Å². The highest BCUT2D eigenvalue weighted by Gasteiger charge is 2.56. The second kappa shape index (κ2) is 5.48. The summed E-state index contributed by atoms with van der Waals surface area (Å²) in [6, 6.07) is 0. The third kappa shape index (κ3) is 4.39. The van der Waals surface area contributed by atoms with Gasteiger partial charge < -0.3 is 0 Å². The molecule has 0 heterocycles. The first kappa shape index (κ1) is 14.6. The fraction of sp³-hybridized carbons (Fsp3) is 1.00. The second-order valence-electron chi connectivity index (χ2n) is 4.71. The number of rotatable bonds is 4. The van der Waals surface area contributed by atoms with Gasteiger partial charge in [-0.15, -0.1) is 0 Å². The Kier molecular flexibility index (Phi) is 4.72. The maximum atomic E-state index is 13.0. The fourth-order valence-corrected chi connectivity index (χ4v) is 2.24. The Bertz CT molecular complexity index is 229. The number of halogens is 6. The van der Waals surface area contributed by atoms with Crippen LogP contribution in [0.4, 0.5) is 26.3 Å². The molecule has 102 valence electrons. The molecule has 17 heavy (non-hydrogen) atoms. The molecule has 0 aliphatic heterocycles. The molecule has 1 rings (SSSR count). The second-order valence-corrected chi connectivity index (χ2v) is 4.71. The van der Waals surface area contributed by atoms with Gasteiger partial charge in [-0.3, -0.25) is 0 Å². The maximum absolute atomic E-state index is 13.0. The predicted molar refractivity (Wildman–Crippen MR) is 51.7 cm³/mol. The molecule has 0 N–H and O–H groups in total. The van der Waals surface area contributed by atoms with Crippen LogP contribution in [0.2, 0.25) is 0 Å². The first-order valence-electron chi connectivity index (χ1n) is 5.82. The summed E-state index contributed by atoms with van der Waals surface area (Å²) in [6.07, 6.45) is -6.14. The van der Waals surface area contributed by atoms with Gasteiger partial charge in [0.15, 0.2) is 0 Å². The van der Waals surface area contributed by atoms with E-state index in [0.29, 0.717) is 0 Å². The Hall–Kier alpha value is -0.420. The van der Waals surface area contributed by atoms with Crippen LogP contribution in [0, 0.1) is 5.92 Å². The van der Waals surface area contributed by atoms with Crippen molar-refractivity contribution in [2.24, 2.45) is 5.92 Å². The molecule has 1 fully saturated rings. The summed E-state index contributed by atoms with van der Waals surface area (Å²) in [5.41, 5.74) is 0. The van der Waals surface area contributed by atoms with E-state index in [9.17, 15) is 26.3 Å². The fourth-order valence-electron chi connectivity index (χ4n) is 2.24. The monoisotopic (exact) mass is 262 g/mol. The zero-order valence-corrected chi connectivity index (χ0v) is 9.37. The average molecular weight is 262 g/mol.